The summed E-state index contributed by atoms with van der Waals surface area (Å²) in [6.07, 6.45) is 6.22. The number of carbonyl (C=O) groups is 1. The number of hydrogen-bond acceptors (Lipinski definition) is 8. The Morgan fingerprint density at radius 3 is 2.61 bits per heavy atom. The maximum absolute atomic E-state index is 12.4. The molecule has 0 aliphatic carbocycles. The van der Waals surface area contributed by atoms with Crippen LogP contribution in [-0.2, 0) is 11.3 Å². The van der Waals surface area contributed by atoms with E-state index in [4.69, 9.17) is 0 Å². The van der Waals surface area contributed by atoms with Gasteiger partial charge in [-0.15, -0.1) is 0 Å². The second-order valence-corrected chi connectivity index (χ2v) is 9.24. The predicted molar refractivity (Wildman–Crippen MR) is 148 cm³/mol. The SMILES string of the molecule is CC1CN2CCN1Cc1cccc(c1)Nc1cc(ccn1)-c1cnc(nc1)NCCCNC(=O)C2.S. The van der Waals surface area contributed by atoms with Gasteiger partial charge in [-0.3, -0.25) is 14.6 Å². The Bertz CT molecular complexity index is 1160. The van der Waals surface area contributed by atoms with Crippen LogP contribution >= 0.6 is 13.5 Å². The summed E-state index contributed by atoms with van der Waals surface area (Å²) in [5, 5.41) is 9.70. The summed E-state index contributed by atoms with van der Waals surface area (Å²) < 4.78 is 0. The van der Waals surface area contributed by atoms with Crippen molar-refractivity contribution in [1.29, 1.82) is 0 Å². The van der Waals surface area contributed by atoms with Crippen LogP contribution in [0, 0.1) is 0 Å². The van der Waals surface area contributed by atoms with E-state index >= 15 is 0 Å². The molecule has 2 aromatic heterocycles. The predicted octanol–water partition coefficient (Wildman–Crippen LogP) is 2.83. The van der Waals surface area contributed by atoms with E-state index in [1.54, 1.807) is 6.20 Å². The summed E-state index contributed by atoms with van der Waals surface area (Å²) in [5.74, 6) is 1.44. The highest BCUT2D eigenvalue weighted by molar-refractivity contribution is 7.59. The van der Waals surface area contributed by atoms with Crippen molar-refractivity contribution in [1.82, 2.24) is 30.1 Å². The van der Waals surface area contributed by atoms with Gasteiger partial charge in [0.2, 0.25) is 11.9 Å². The van der Waals surface area contributed by atoms with Gasteiger partial charge in [-0.05, 0) is 48.7 Å². The van der Waals surface area contributed by atoms with E-state index in [-0.39, 0.29) is 19.4 Å². The van der Waals surface area contributed by atoms with Crippen molar-refractivity contribution in [2.75, 3.05) is 49.9 Å². The first kappa shape index (κ1) is 25.9. The lowest BCUT2D eigenvalue weighted by Gasteiger charge is -2.39. The first-order valence-corrected chi connectivity index (χ1v) is 12.2. The molecule has 1 aromatic carbocycles. The number of hydrogen-bond donors (Lipinski definition) is 3. The minimum absolute atomic E-state index is 0. The third-order valence-electron chi connectivity index (χ3n) is 6.51. The quantitative estimate of drug-likeness (QED) is 0.428. The molecule has 3 atom stereocenters. The number of pyridine rings is 1. The van der Waals surface area contributed by atoms with E-state index in [1.165, 1.54) is 5.56 Å². The van der Waals surface area contributed by atoms with E-state index in [1.807, 2.05) is 24.5 Å². The topological polar surface area (TPSA) is 98.3 Å². The third kappa shape index (κ3) is 6.71. The van der Waals surface area contributed by atoms with Gasteiger partial charge in [0.15, 0.2) is 0 Å². The summed E-state index contributed by atoms with van der Waals surface area (Å²) in [5.41, 5.74) is 4.18. The summed E-state index contributed by atoms with van der Waals surface area (Å²) in [7, 11) is 0. The normalized spacial score (nSPS) is 22.5. The Morgan fingerprint density at radius 1 is 0.944 bits per heavy atom. The zero-order valence-electron chi connectivity index (χ0n) is 20.6. The Labute approximate surface area is 219 Å². The maximum Gasteiger partial charge on any atom is 0.234 e. The molecule has 10 heteroatoms. The highest BCUT2D eigenvalue weighted by atomic mass is 32.1. The fraction of sp³-hybridized carbons (Fsp3) is 0.385. The van der Waals surface area contributed by atoms with Crippen LogP contribution in [0.3, 0.4) is 0 Å². The summed E-state index contributed by atoms with van der Waals surface area (Å²) in [6, 6.07) is 12.8. The van der Waals surface area contributed by atoms with Gasteiger partial charge in [-0.1, -0.05) is 12.1 Å². The minimum atomic E-state index is 0. The lowest BCUT2D eigenvalue weighted by Crippen LogP contribution is -2.53. The van der Waals surface area contributed by atoms with Crippen molar-refractivity contribution in [2.24, 2.45) is 0 Å². The molecule has 0 saturated carbocycles. The van der Waals surface area contributed by atoms with Crippen molar-refractivity contribution in [3.8, 4) is 11.1 Å². The van der Waals surface area contributed by atoms with Gasteiger partial charge in [0.25, 0.3) is 0 Å². The van der Waals surface area contributed by atoms with Crippen LogP contribution < -0.4 is 16.0 Å². The minimum Gasteiger partial charge on any atom is -0.355 e. The smallest absolute Gasteiger partial charge is 0.234 e. The van der Waals surface area contributed by atoms with Gasteiger partial charge in [0.05, 0.1) is 6.54 Å². The molecule has 0 radical (unpaired) electrons. The second kappa shape index (κ2) is 12.2. The fourth-order valence-corrected chi connectivity index (χ4v) is 4.60. The zero-order valence-corrected chi connectivity index (χ0v) is 21.6. The number of aromatic nitrogens is 3. The molecule has 3 aromatic rings. The monoisotopic (exact) mass is 506 g/mol. The molecule has 8 bridgehead atoms. The number of carbonyl (C=O) groups excluding carboxylic acids is 1. The highest BCUT2D eigenvalue weighted by Crippen LogP contribution is 2.24. The second-order valence-electron chi connectivity index (χ2n) is 9.24. The Hall–Kier alpha value is -3.21. The van der Waals surface area contributed by atoms with Gasteiger partial charge in [0.1, 0.15) is 5.82 Å². The Balaban J connectivity index is 0.00000304. The molecule has 1 fully saturated rings. The number of benzene rings is 1. The largest absolute Gasteiger partial charge is 0.355 e. The lowest BCUT2D eigenvalue weighted by atomic mass is 10.1. The van der Waals surface area contributed by atoms with Crippen LogP contribution in [0.15, 0.2) is 55.0 Å². The molecule has 3 N–H and O–H groups in total. The number of piperazine rings is 1. The number of rotatable bonds is 0. The number of anilines is 3. The van der Waals surface area contributed by atoms with Gasteiger partial charge in [-0.2, -0.15) is 13.5 Å². The molecule has 36 heavy (non-hydrogen) atoms. The molecule has 3 unspecified atom stereocenters. The van der Waals surface area contributed by atoms with Crippen molar-refractivity contribution >= 4 is 36.9 Å². The van der Waals surface area contributed by atoms with Crippen LogP contribution in [0.2, 0.25) is 0 Å². The molecule has 1 amide bonds. The zero-order chi connectivity index (χ0) is 24.0. The van der Waals surface area contributed by atoms with Crippen LogP contribution in [0.1, 0.15) is 18.9 Å². The number of nitrogens with zero attached hydrogens (tertiary/aromatic N) is 5. The molecular formula is C26H34N8OS. The molecule has 8 rings (SSSR count). The first-order valence-electron chi connectivity index (χ1n) is 12.2. The van der Waals surface area contributed by atoms with E-state index in [2.05, 4.69) is 71.9 Å². The molecule has 7 heterocycles. The van der Waals surface area contributed by atoms with Gasteiger partial charge < -0.3 is 16.0 Å². The van der Waals surface area contributed by atoms with Crippen molar-refractivity contribution in [3.05, 3.63) is 60.6 Å². The van der Waals surface area contributed by atoms with Crippen molar-refractivity contribution < 1.29 is 4.79 Å². The van der Waals surface area contributed by atoms with Crippen LogP contribution in [0.4, 0.5) is 17.5 Å². The molecular weight excluding hydrogens is 472 g/mol. The maximum atomic E-state index is 12.4. The van der Waals surface area contributed by atoms with Crippen LogP contribution in [0.25, 0.3) is 11.1 Å². The van der Waals surface area contributed by atoms with E-state index < -0.39 is 0 Å². The average Bonchev–Trinajstić information content (AvgIpc) is 2.86. The van der Waals surface area contributed by atoms with Gasteiger partial charge >= 0.3 is 0 Å². The lowest BCUT2D eigenvalue weighted by molar-refractivity contribution is -0.122. The molecule has 5 aliphatic rings. The third-order valence-corrected chi connectivity index (χ3v) is 6.51. The van der Waals surface area contributed by atoms with Crippen molar-refractivity contribution in [2.45, 2.75) is 25.9 Å². The van der Waals surface area contributed by atoms with Crippen LogP contribution in [0.5, 0.6) is 0 Å². The molecule has 0 spiro atoms. The Morgan fingerprint density at radius 2 is 1.78 bits per heavy atom. The van der Waals surface area contributed by atoms with Crippen molar-refractivity contribution in [3.63, 3.8) is 0 Å². The highest BCUT2D eigenvalue weighted by Gasteiger charge is 2.25. The molecule has 1 saturated heterocycles. The molecule has 5 aliphatic heterocycles. The Kier molecular flexibility index (Phi) is 8.74. The van der Waals surface area contributed by atoms with Gasteiger partial charge in [0, 0.05) is 75.2 Å². The van der Waals surface area contributed by atoms with Crippen LogP contribution in [-0.4, -0.2) is 76.0 Å². The summed E-state index contributed by atoms with van der Waals surface area (Å²) in [4.78, 5) is 30.5. The molecule has 190 valence electrons. The fourth-order valence-electron chi connectivity index (χ4n) is 4.60. The number of nitrogens with one attached hydrogen (secondary N) is 3. The van der Waals surface area contributed by atoms with E-state index in [9.17, 15) is 4.79 Å². The standard InChI is InChI=1S/C26H32N8O.H2S/c1-19-16-33-10-11-34(19)17-20-4-2-5-23(12-20)32-24-13-21(6-9-27-24)22-14-30-26(31-15-22)29-8-3-7-28-25(35)18-33;/h2,4-6,9,12-15,19H,3,7-8,10-11,16-18H2,1H3,(H,27,32)(H,28,35)(H,29,30,31);1H2. The summed E-state index contributed by atoms with van der Waals surface area (Å²) in [6.45, 7) is 7.60. The van der Waals surface area contributed by atoms with E-state index in [0.717, 1.165) is 55.2 Å². The van der Waals surface area contributed by atoms with Gasteiger partial charge in [-0.25, -0.2) is 15.0 Å². The summed E-state index contributed by atoms with van der Waals surface area (Å²) >= 11 is 0. The molecule has 9 nitrogen and oxygen atoms in total. The average molecular weight is 507 g/mol. The first-order chi connectivity index (χ1) is 17.1. The number of amides is 1. The van der Waals surface area contributed by atoms with E-state index in [0.29, 0.717) is 31.6 Å².